The topological polar surface area (TPSA) is 64.6 Å². The molecule has 1 N–H and O–H groups in total. The second-order valence-electron chi connectivity index (χ2n) is 4.79. The Kier molecular flexibility index (Phi) is 5.87. The van der Waals surface area contributed by atoms with E-state index in [-0.39, 0.29) is 17.2 Å². The molecule has 124 valence electrons. The lowest BCUT2D eigenvalue weighted by atomic mass is 10.2. The van der Waals surface area contributed by atoms with E-state index >= 15 is 0 Å². The maximum atomic E-state index is 12.5. The lowest BCUT2D eigenvalue weighted by Gasteiger charge is -2.12. The van der Waals surface area contributed by atoms with Crippen LogP contribution in [-0.2, 0) is 16.4 Å². The first-order valence-corrected chi connectivity index (χ1v) is 8.78. The van der Waals surface area contributed by atoms with Crippen molar-refractivity contribution in [1.82, 2.24) is 4.72 Å². The Balaban J connectivity index is 2.10. The van der Waals surface area contributed by atoms with Gasteiger partial charge in [-0.25, -0.2) is 13.1 Å². The van der Waals surface area contributed by atoms with E-state index in [1.54, 1.807) is 24.3 Å². The molecule has 0 heterocycles. The fourth-order valence-electron chi connectivity index (χ4n) is 2.05. The van der Waals surface area contributed by atoms with E-state index in [0.29, 0.717) is 17.2 Å². The molecule has 5 nitrogen and oxygen atoms in total. The highest BCUT2D eigenvalue weighted by molar-refractivity contribution is 7.89. The van der Waals surface area contributed by atoms with Crippen LogP contribution < -0.4 is 14.2 Å². The summed E-state index contributed by atoms with van der Waals surface area (Å²) < 4.78 is 37.7. The summed E-state index contributed by atoms with van der Waals surface area (Å²) in [6, 6.07) is 11.9. The van der Waals surface area contributed by atoms with Crippen LogP contribution in [-0.4, -0.2) is 29.2 Å². The summed E-state index contributed by atoms with van der Waals surface area (Å²) in [4.78, 5) is 0.0513. The largest absolute Gasteiger partial charge is 0.497 e. The zero-order valence-electron chi connectivity index (χ0n) is 12.9. The number of sulfonamides is 1. The van der Waals surface area contributed by atoms with Gasteiger partial charge in [0, 0.05) is 17.6 Å². The second-order valence-corrected chi connectivity index (χ2v) is 6.96. The Hall–Kier alpha value is -1.76. The summed E-state index contributed by atoms with van der Waals surface area (Å²) in [6.45, 7) is 0.268. The van der Waals surface area contributed by atoms with Gasteiger partial charge in [0.15, 0.2) is 0 Å². The van der Waals surface area contributed by atoms with Crippen LogP contribution in [0.25, 0.3) is 0 Å². The summed E-state index contributed by atoms with van der Waals surface area (Å²) in [5, 5.41) is 0.649. The minimum atomic E-state index is -3.70. The van der Waals surface area contributed by atoms with Gasteiger partial charge in [0.1, 0.15) is 16.4 Å². The fraction of sp³-hybridized carbons (Fsp3) is 0.250. The first-order valence-electron chi connectivity index (χ1n) is 6.92. The van der Waals surface area contributed by atoms with Gasteiger partial charge >= 0.3 is 0 Å². The van der Waals surface area contributed by atoms with E-state index < -0.39 is 10.0 Å². The molecular formula is C16H18ClNO4S. The smallest absolute Gasteiger partial charge is 0.244 e. The Labute approximate surface area is 141 Å². The molecular weight excluding hydrogens is 338 g/mol. The number of hydrogen-bond donors (Lipinski definition) is 1. The van der Waals surface area contributed by atoms with Crippen molar-refractivity contribution in [2.45, 2.75) is 11.3 Å². The van der Waals surface area contributed by atoms with Crippen molar-refractivity contribution in [3.05, 3.63) is 53.1 Å². The lowest BCUT2D eigenvalue weighted by Crippen LogP contribution is -2.26. The van der Waals surface area contributed by atoms with Gasteiger partial charge in [0.25, 0.3) is 0 Å². The van der Waals surface area contributed by atoms with Crippen molar-refractivity contribution >= 4 is 21.6 Å². The number of ether oxygens (including phenoxy) is 2. The van der Waals surface area contributed by atoms with Crippen LogP contribution in [0.3, 0.4) is 0 Å². The highest BCUT2D eigenvalue weighted by atomic mass is 35.5. The molecule has 0 fully saturated rings. The number of benzene rings is 2. The molecule has 0 atom stereocenters. The third kappa shape index (κ3) is 4.60. The van der Waals surface area contributed by atoms with Crippen LogP contribution in [0, 0.1) is 0 Å². The van der Waals surface area contributed by atoms with Crippen LogP contribution >= 0.6 is 11.6 Å². The van der Waals surface area contributed by atoms with E-state index in [0.717, 1.165) is 5.56 Å². The molecule has 0 aromatic heterocycles. The molecule has 0 aliphatic rings. The maximum absolute atomic E-state index is 12.5. The van der Waals surface area contributed by atoms with Gasteiger partial charge in [-0.3, -0.25) is 0 Å². The van der Waals surface area contributed by atoms with Gasteiger partial charge in [-0.05, 0) is 36.2 Å². The minimum Gasteiger partial charge on any atom is -0.497 e. The quantitative estimate of drug-likeness (QED) is 0.829. The Morgan fingerprint density at radius 3 is 2.35 bits per heavy atom. The van der Waals surface area contributed by atoms with Crippen LogP contribution in [0.1, 0.15) is 5.56 Å². The van der Waals surface area contributed by atoms with E-state index in [1.165, 1.54) is 20.3 Å². The minimum absolute atomic E-state index is 0.0513. The summed E-state index contributed by atoms with van der Waals surface area (Å²) in [6.07, 6.45) is 0.558. The van der Waals surface area contributed by atoms with Crippen LogP contribution in [0.4, 0.5) is 0 Å². The third-order valence-electron chi connectivity index (χ3n) is 3.28. The first-order chi connectivity index (χ1) is 11.0. The van der Waals surface area contributed by atoms with Crippen molar-refractivity contribution in [3.63, 3.8) is 0 Å². The van der Waals surface area contributed by atoms with Crippen molar-refractivity contribution in [3.8, 4) is 11.5 Å². The SMILES string of the molecule is COc1ccc(OC)c(S(=O)(=O)NCCc2ccc(Cl)cc2)c1. The number of hydrogen-bond acceptors (Lipinski definition) is 4. The van der Waals surface area contributed by atoms with Crippen LogP contribution in [0.2, 0.25) is 5.02 Å². The molecule has 0 aliphatic heterocycles. The highest BCUT2D eigenvalue weighted by Crippen LogP contribution is 2.27. The molecule has 0 saturated heterocycles. The van der Waals surface area contributed by atoms with Crippen molar-refractivity contribution < 1.29 is 17.9 Å². The van der Waals surface area contributed by atoms with Crippen LogP contribution in [0.15, 0.2) is 47.4 Å². The van der Waals surface area contributed by atoms with Gasteiger partial charge < -0.3 is 9.47 Å². The van der Waals surface area contributed by atoms with Crippen molar-refractivity contribution in [1.29, 1.82) is 0 Å². The summed E-state index contributed by atoms with van der Waals surface area (Å²) >= 11 is 5.82. The molecule has 2 rings (SSSR count). The summed E-state index contributed by atoms with van der Waals surface area (Å²) in [5.74, 6) is 0.716. The fourth-order valence-corrected chi connectivity index (χ4v) is 3.39. The third-order valence-corrected chi connectivity index (χ3v) is 5.01. The van der Waals surface area contributed by atoms with E-state index in [1.807, 2.05) is 12.1 Å². The first kappa shape index (κ1) is 17.6. The second kappa shape index (κ2) is 7.68. The van der Waals surface area contributed by atoms with E-state index in [2.05, 4.69) is 4.72 Å². The number of nitrogens with one attached hydrogen (secondary N) is 1. The molecule has 7 heteroatoms. The molecule has 0 bridgehead atoms. The predicted molar refractivity (Wildman–Crippen MR) is 89.9 cm³/mol. The maximum Gasteiger partial charge on any atom is 0.244 e. The average molecular weight is 356 g/mol. The van der Waals surface area contributed by atoms with Gasteiger partial charge in [-0.1, -0.05) is 23.7 Å². The van der Waals surface area contributed by atoms with Crippen LogP contribution in [0.5, 0.6) is 11.5 Å². The highest BCUT2D eigenvalue weighted by Gasteiger charge is 2.20. The molecule has 0 aliphatic carbocycles. The lowest BCUT2D eigenvalue weighted by molar-refractivity contribution is 0.392. The van der Waals surface area contributed by atoms with Gasteiger partial charge in [0.05, 0.1) is 14.2 Å². The van der Waals surface area contributed by atoms with Gasteiger partial charge in [0.2, 0.25) is 10.0 Å². The number of halogens is 1. The number of methoxy groups -OCH3 is 2. The Morgan fingerprint density at radius 1 is 1.04 bits per heavy atom. The zero-order chi connectivity index (χ0) is 16.9. The number of rotatable bonds is 7. The standard InChI is InChI=1S/C16H18ClNO4S/c1-21-14-7-8-15(22-2)16(11-14)23(19,20)18-10-9-12-3-5-13(17)6-4-12/h3-8,11,18H,9-10H2,1-2H3. The monoisotopic (exact) mass is 355 g/mol. The molecule has 2 aromatic rings. The molecule has 2 aromatic carbocycles. The normalized spacial score (nSPS) is 11.3. The Morgan fingerprint density at radius 2 is 1.74 bits per heavy atom. The molecule has 0 radical (unpaired) electrons. The Bertz CT molecular complexity index is 760. The molecule has 0 unspecified atom stereocenters. The molecule has 0 spiro atoms. The summed E-state index contributed by atoms with van der Waals surface area (Å²) in [7, 11) is -0.792. The molecule has 0 amide bonds. The van der Waals surface area contributed by atoms with Gasteiger partial charge in [-0.15, -0.1) is 0 Å². The summed E-state index contributed by atoms with van der Waals surface area (Å²) in [5.41, 5.74) is 0.995. The molecule has 23 heavy (non-hydrogen) atoms. The average Bonchev–Trinajstić information content (AvgIpc) is 2.56. The van der Waals surface area contributed by atoms with Gasteiger partial charge in [-0.2, -0.15) is 0 Å². The van der Waals surface area contributed by atoms with E-state index in [9.17, 15) is 8.42 Å². The zero-order valence-corrected chi connectivity index (χ0v) is 14.4. The van der Waals surface area contributed by atoms with Crippen molar-refractivity contribution in [2.24, 2.45) is 0 Å². The van der Waals surface area contributed by atoms with E-state index in [4.69, 9.17) is 21.1 Å². The predicted octanol–water partition coefficient (Wildman–Crippen LogP) is 2.88. The molecule has 0 saturated carbocycles. The van der Waals surface area contributed by atoms with Crippen molar-refractivity contribution in [2.75, 3.05) is 20.8 Å².